The first kappa shape index (κ1) is 16.2. The van der Waals surface area contributed by atoms with Crippen LogP contribution in [0.2, 0.25) is 0 Å². The van der Waals surface area contributed by atoms with Crippen molar-refractivity contribution in [1.29, 1.82) is 0 Å². The second kappa shape index (κ2) is 6.03. The molecule has 2 aliphatic heterocycles. The zero-order valence-electron chi connectivity index (χ0n) is 14.9. The molecule has 3 aromatic rings. The molecule has 0 bridgehead atoms. The molecule has 27 heavy (non-hydrogen) atoms. The lowest BCUT2D eigenvalue weighted by Gasteiger charge is -2.32. The van der Waals surface area contributed by atoms with Crippen LogP contribution in [0.15, 0.2) is 67.0 Å². The van der Waals surface area contributed by atoms with E-state index in [1.165, 1.54) is 0 Å². The second-order valence-electron chi connectivity index (χ2n) is 7.26. The smallest absolute Gasteiger partial charge is 0.227 e. The molecule has 1 atom stereocenters. The average Bonchev–Trinajstić information content (AvgIpc) is 3.17. The third kappa shape index (κ3) is 2.41. The number of carbonyl (C=O) groups is 1. The lowest BCUT2D eigenvalue weighted by Crippen LogP contribution is -2.33. The van der Waals surface area contributed by atoms with Crippen LogP contribution >= 0.6 is 0 Å². The van der Waals surface area contributed by atoms with Crippen molar-refractivity contribution in [3.8, 4) is 0 Å². The van der Waals surface area contributed by atoms with Gasteiger partial charge in [0, 0.05) is 30.9 Å². The number of hydrogen-bond acceptors (Lipinski definition) is 3. The highest BCUT2D eigenvalue weighted by molar-refractivity contribution is 5.98. The Morgan fingerprint density at radius 1 is 0.889 bits per heavy atom. The fourth-order valence-electron chi connectivity index (χ4n) is 4.42. The van der Waals surface area contributed by atoms with E-state index in [9.17, 15) is 9.90 Å². The van der Waals surface area contributed by atoms with Crippen LogP contribution in [0.3, 0.4) is 0 Å². The quantitative estimate of drug-likeness (QED) is 0.784. The maximum Gasteiger partial charge on any atom is 0.227 e. The number of aliphatic hydroxyl groups is 1. The van der Waals surface area contributed by atoms with Crippen molar-refractivity contribution < 1.29 is 9.90 Å². The lowest BCUT2D eigenvalue weighted by atomic mass is 9.79. The van der Waals surface area contributed by atoms with E-state index in [0.717, 1.165) is 52.9 Å². The number of amides is 1. The minimum atomic E-state index is -1.28. The molecule has 1 aromatic heterocycles. The topological polar surface area (TPSA) is 53.4 Å². The van der Waals surface area contributed by atoms with Gasteiger partial charge in [-0.2, -0.15) is 0 Å². The largest absolute Gasteiger partial charge is 0.376 e. The van der Waals surface area contributed by atoms with Crippen LogP contribution in [0, 0.1) is 0 Å². The van der Waals surface area contributed by atoms with E-state index in [-0.39, 0.29) is 5.91 Å². The van der Waals surface area contributed by atoms with Gasteiger partial charge in [-0.3, -0.25) is 9.78 Å². The highest BCUT2D eigenvalue weighted by Crippen LogP contribution is 2.43. The molecular formula is C23H20N2O2. The average molecular weight is 356 g/mol. The normalized spacial score (nSPS) is 17.5. The van der Waals surface area contributed by atoms with Crippen LogP contribution in [0.1, 0.15) is 34.2 Å². The van der Waals surface area contributed by atoms with Crippen LogP contribution in [0.4, 0.5) is 5.69 Å². The Bertz CT molecular complexity index is 976. The Kier molecular flexibility index (Phi) is 3.62. The molecule has 2 aromatic carbocycles. The van der Waals surface area contributed by atoms with Gasteiger partial charge < -0.3 is 10.0 Å². The molecule has 0 radical (unpaired) electrons. The molecule has 5 rings (SSSR count). The molecular weight excluding hydrogens is 336 g/mol. The Balaban J connectivity index is 1.74. The van der Waals surface area contributed by atoms with Crippen LogP contribution in [-0.4, -0.2) is 22.5 Å². The summed E-state index contributed by atoms with van der Waals surface area (Å²) in [6.45, 7) is 0.737. The van der Waals surface area contributed by atoms with Gasteiger partial charge in [-0.25, -0.2) is 0 Å². The van der Waals surface area contributed by atoms with E-state index < -0.39 is 5.60 Å². The standard InChI is InChI=1S/C23H20N2O2/c26-21-9-8-16-13-20(14-17-10-12-25(21)22(16)17)23(27,18-5-2-1-3-6-18)19-7-4-11-24-15-19/h1-7,11,13-15,27H,8-10,12H2. The van der Waals surface area contributed by atoms with E-state index in [1.54, 1.807) is 12.4 Å². The first-order chi connectivity index (χ1) is 13.2. The van der Waals surface area contributed by atoms with Crippen LogP contribution < -0.4 is 4.90 Å². The summed E-state index contributed by atoms with van der Waals surface area (Å²) in [5, 5.41) is 12.0. The fraction of sp³-hybridized carbons (Fsp3) is 0.217. The predicted octanol–water partition coefficient (Wildman–Crippen LogP) is 3.20. The van der Waals surface area contributed by atoms with Crippen molar-refractivity contribution >= 4 is 11.6 Å². The van der Waals surface area contributed by atoms with E-state index in [0.29, 0.717) is 6.42 Å². The summed E-state index contributed by atoms with van der Waals surface area (Å²) in [7, 11) is 0. The molecule has 1 unspecified atom stereocenters. The number of carbonyl (C=O) groups excluding carboxylic acids is 1. The van der Waals surface area contributed by atoms with Gasteiger partial charge in [0.2, 0.25) is 5.91 Å². The lowest BCUT2D eigenvalue weighted by molar-refractivity contribution is -0.118. The number of anilines is 1. The van der Waals surface area contributed by atoms with Crippen molar-refractivity contribution in [2.24, 2.45) is 0 Å². The van der Waals surface area contributed by atoms with Gasteiger partial charge in [0.1, 0.15) is 5.60 Å². The molecule has 3 heterocycles. The monoisotopic (exact) mass is 356 g/mol. The molecule has 0 saturated heterocycles. The van der Waals surface area contributed by atoms with Crippen molar-refractivity contribution in [1.82, 2.24) is 4.98 Å². The minimum absolute atomic E-state index is 0.208. The Labute approximate surface area is 158 Å². The number of aryl methyl sites for hydroxylation is 1. The predicted molar refractivity (Wildman–Crippen MR) is 104 cm³/mol. The van der Waals surface area contributed by atoms with E-state index in [4.69, 9.17) is 0 Å². The summed E-state index contributed by atoms with van der Waals surface area (Å²) < 4.78 is 0. The van der Waals surface area contributed by atoms with Crippen LogP contribution in [0.5, 0.6) is 0 Å². The zero-order chi connectivity index (χ0) is 18.4. The summed E-state index contributed by atoms with van der Waals surface area (Å²) in [6, 6.07) is 17.6. The molecule has 0 spiro atoms. The van der Waals surface area contributed by atoms with Crippen molar-refractivity contribution in [2.75, 3.05) is 11.4 Å². The van der Waals surface area contributed by atoms with E-state index in [2.05, 4.69) is 17.1 Å². The Morgan fingerprint density at radius 2 is 1.63 bits per heavy atom. The first-order valence-corrected chi connectivity index (χ1v) is 9.33. The number of hydrogen-bond donors (Lipinski definition) is 1. The third-order valence-electron chi connectivity index (χ3n) is 5.74. The van der Waals surface area contributed by atoms with Gasteiger partial charge >= 0.3 is 0 Å². The van der Waals surface area contributed by atoms with Gasteiger partial charge in [0.05, 0.1) is 5.69 Å². The zero-order valence-corrected chi connectivity index (χ0v) is 14.9. The number of pyridine rings is 1. The minimum Gasteiger partial charge on any atom is -0.376 e. The van der Waals surface area contributed by atoms with Crippen molar-refractivity contribution in [2.45, 2.75) is 24.9 Å². The van der Waals surface area contributed by atoms with Crippen molar-refractivity contribution in [3.63, 3.8) is 0 Å². The van der Waals surface area contributed by atoms with Gasteiger partial charge in [-0.05, 0) is 41.2 Å². The highest BCUT2D eigenvalue weighted by Gasteiger charge is 2.38. The summed E-state index contributed by atoms with van der Waals surface area (Å²) in [5.74, 6) is 0.208. The van der Waals surface area contributed by atoms with E-state index >= 15 is 0 Å². The molecule has 0 saturated carbocycles. The number of nitrogens with zero attached hydrogens (tertiary/aromatic N) is 2. The summed E-state index contributed by atoms with van der Waals surface area (Å²) in [5.41, 5.74) is 4.47. The molecule has 2 aliphatic rings. The number of rotatable bonds is 3. The maximum absolute atomic E-state index is 12.2. The second-order valence-corrected chi connectivity index (χ2v) is 7.26. The molecule has 134 valence electrons. The summed E-state index contributed by atoms with van der Waals surface area (Å²) >= 11 is 0. The van der Waals surface area contributed by atoms with E-state index in [1.807, 2.05) is 47.4 Å². The molecule has 4 heteroatoms. The maximum atomic E-state index is 12.2. The third-order valence-corrected chi connectivity index (χ3v) is 5.74. The molecule has 4 nitrogen and oxygen atoms in total. The molecule has 1 N–H and O–H groups in total. The van der Waals surface area contributed by atoms with Gasteiger partial charge in [-0.1, -0.05) is 48.5 Å². The summed E-state index contributed by atoms with van der Waals surface area (Å²) in [4.78, 5) is 18.4. The van der Waals surface area contributed by atoms with Gasteiger partial charge in [0.25, 0.3) is 0 Å². The number of aromatic nitrogens is 1. The SMILES string of the molecule is O=C1CCc2cc(C(O)(c3ccccc3)c3cccnc3)cc3c2N1CC3. The molecule has 1 amide bonds. The van der Waals surface area contributed by atoms with Gasteiger partial charge in [0.15, 0.2) is 0 Å². The van der Waals surface area contributed by atoms with Crippen molar-refractivity contribution in [3.05, 3.63) is 94.8 Å². The number of benzene rings is 2. The summed E-state index contributed by atoms with van der Waals surface area (Å²) in [6.07, 6.45) is 5.53. The van der Waals surface area contributed by atoms with Crippen LogP contribution in [-0.2, 0) is 23.2 Å². The molecule has 0 aliphatic carbocycles. The first-order valence-electron chi connectivity index (χ1n) is 9.33. The fourth-order valence-corrected chi connectivity index (χ4v) is 4.42. The highest BCUT2D eigenvalue weighted by atomic mass is 16.3. The van der Waals surface area contributed by atoms with Gasteiger partial charge in [-0.15, -0.1) is 0 Å². The Hall–Kier alpha value is -2.98. The Morgan fingerprint density at radius 3 is 2.37 bits per heavy atom. The molecule has 0 fully saturated rings. The van der Waals surface area contributed by atoms with Crippen LogP contribution in [0.25, 0.3) is 0 Å².